The van der Waals surface area contributed by atoms with Crippen molar-refractivity contribution in [3.8, 4) is 0 Å². The third-order valence-electron chi connectivity index (χ3n) is 4.11. The second-order valence-electron chi connectivity index (χ2n) is 8.86. The molecule has 0 unspecified atom stereocenters. The molecule has 0 aromatic heterocycles. The lowest BCUT2D eigenvalue weighted by atomic mass is 9.81. The highest BCUT2D eigenvalue weighted by Crippen LogP contribution is 2.28. The summed E-state index contributed by atoms with van der Waals surface area (Å²) >= 11 is 0. The van der Waals surface area contributed by atoms with E-state index >= 15 is 0 Å². The number of carbonyl (C=O) groups is 2. The average Bonchev–Trinajstić information content (AvgIpc) is 2.34. The highest BCUT2D eigenvalue weighted by Gasteiger charge is 2.32. The molecule has 4 heteroatoms. The molecular formula is C18H34N2O2. The fraction of sp³-hybridized carbons (Fsp3) is 0.889. The average molecular weight is 310 g/mol. The summed E-state index contributed by atoms with van der Waals surface area (Å²) in [5.74, 6) is 0.421. The molecule has 1 heterocycles. The van der Waals surface area contributed by atoms with Crippen LogP contribution in [0.3, 0.4) is 0 Å². The van der Waals surface area contributed by atoms with Gasteiger partial charge in [0.2, 0.25) is 11.8 Å². The molecule has 0 spiro atoms. The maximum Gasteiger partial charge on any atom is 0.225 e. The van der Waals surface area contributed by atoms with Gasteiger partial charge in [-0.2, -0.15) is 0 Å². The van der Waals surface area contributed by atoms with Crippen LogP contribution >= 0.6 is 0 Å². The largest absolute Gasteiger partial charge is 0.351 e. The van der Waals surface area contributed by atoms with Gasteiger partial charge < -0.3 is 10.2 Å². The molecule has 1 rings (SSSR count). The number of carbonyl (C=O) groups excluding carboxylic acids is 2. The maximum atomic E-state index is 12.5. The van der Waals surface area contributed by atoms with Gasteiger partial charge in [0.1, 0.15) is 0 Å². The van der Waals surface area contributed by atoms with Gasteiger partial charge in [0, 0.05) is 30.5 Å². The van der Waals surface area contributed by atoms with Crippen LogP contribution < -0.4 is 5.32 Å². The Morgan fingerprint density at radius 2 is 1.59 bits per heavy atom. The van der Waals surface area contributed by atoms with Crippen molar-refractivity contribution in [2.75, 3.05) is 13.1 Å². The maximum absolute atomic E-state index is 12.5. The van der Waals surface area contributed by atoms with E-state index in [2.05, 4.69) is 39.9 Å². The molecule has 0 radical (unpaired) electrons. The molecule has 1 aliphatic heterocycles. The molecule has 0 atom stereocenters. The number of hydrogen-bond acceptors (Lipinski definition) is 2. The molecule has 22 heavy (non-hydrogen) atoms. The third kappa shape index (κ3) is 5.98. The molecular weight excluding hydrogens is 276 g/mol. The minimum absolute atomic E-state index is 0.0375. The molecule has 0 saturated carbocycles. The SMILES string of the molecule is CC(C)C(=O)N1CCC(C(=O)NC(C)(C)CC(C)(C)C)CC1. The topological polar surface area (TPSA) is 49.4 Å². The number of likely N-dealkylation sites (tertiary alicyclic amines) is 1. The quantitative estimate of drug-likeness (QED) is 0.867. The van der Waals surface area contributed by atoms with Crippen molar-refractivity contribution in [3.05, 3.63) is 0 Å². The van der Waals surface area contributed by atoms with Crippen molar-refractivity contribution in [3.63, 3.8) is 0 Å². The molecule has 1 N–H and O–H groups in total. The van der Waals surface area contributed by atoms with Crippen molar-refractivity contribution in [1.82, 2.24) is 10.2 Å². The first-order valence-electron chi connectivity index (χ1n) is 8.52. The monoisotopic (exact) mass is 310 g/mol. The molecule has 0 aromatic carbocycles. The number of piperidine rings is 1. The van der Waals surface area contributed by atoms with Crippen LogP contribution in [0.2, 0.25) is 0 Å². The summed E-state index contributed by atoms with van der Waals surface area (Å²) < 4.78 is 0. The van der Waals surface area contributed by atoms with E-state index in [1.54, 1.807) is 0 Å². The number of nitrogens with zero attached hydrogens (tertiary/aromatic N) is 1. The molecule has 128 valence electrons. The highest BCUT2D eigenvalue weighted by atomic mass is 16.2. The van der Waals surface area contributed by atoms with Gasteiger partial charge in [0.15, 0.2) is 0 Å². The second kappa shape index (κ2) is 7.01. The summed E-state index contributed by atoms with van der Waals surface area (Å²) in [7, 11) is 0. The fourth-order valence-corrected chi connectivity index (χ4v) is 3.53. The number of rotatable bonds is 4. The smallest absolute Gasteiger partial charge is 0.225 e. The van der Waals surface area contributed by atoms with Crippen LogP contribution in [-0.2, 0) is 9.59 Å². The van der Waals surface area contributed by atoms with Gasteiger partial charge in [-0.3, -0.25) is 9.59 Å². The number of nitrogens with one attached hydrogen (secondary N) is 1. The molecule has 1 aliphatic rings. The minimum atomic E-state index is -0.194. The Morgan fingerprint density at radius 1 is 1.09 bits per heavy atom. The van der Waals surface area contributed by atoms with Crippen molar-refractivity contribution >= 4 is 11.8 Å². The highest BCUT2D eigenvalue weighted by molar-refractivity contribution is 5.81. The van der Waals surface area contributed by atoms with E-state index < -0.39 is 0 Å². The second-order valence-corrected chi connectivity index (χ2v) is 8.86. The summed E-state index contributed by atoms with van der Waals surface area (Å²) in [5.41, 5.74) is -0.00987. The lowest BCUT2D eigenvalue weighted by Crippen LogP contribution is -2.50. The first kappa shape index (κ1) is 19.0. The summed E-state index contributed by atoms with van der Waals surface area (Å²) in [5, 5.41) is 3.21. The minimum Gasteiger partial charge on any atom is -0.351 e. The Hall–Kier alpha value is -1.06. The van der Waals surface area contributed by atoms with Crippen molar-refractivity contribution < 1.29 is 9.59 Å². The van der Waals surface area contributed by atoms with E-state index in [0.29, 0.717) is 13.1 Å². The van der Waals surface area contributed by atoms with E-state index in [4.69, 9.17) is 0 Å². The Kier molecular flexibility index (Phi) is 6.05. The predicted molar refractivity (Wildman–Crippen MR) is 90.4 cm³/mol. The first-order valence-corrected chi connectivity index (χ1v) is 8.52. The van der Waals surface area contributed by atoms with Crippen molar-refractivity contribution in [2.45, 2.75) is 73.3 Å². The van der Waals surface area contributed by atoms with Gasteiger partial charge in [-0.25, -0.2) is 0 Å². The van der Waals surface area contributed by atoms with E-state index in [9.17, 15) is 9.59 Å². The Bertz CT molecular complexity index is 400. The van der Waals surface area contributed by atoms with Crippen LogP contribution in [-0.4, -0.2) is 35.3 Å². The summed E-state index contributed by atoms with van der Waals surface area (Å²) in [4.78, 5) is 26.4. The molecule has 0 bridgehead atoms. The zero-order chi connectivity index (χ0) is 17.1. The zero-order valence-corrected chi connectivity index (χ0v) is 15.5. The van der Waals surface area contributed by atoms with Crippen molar-refractivity contribution in [2.24, 2.45) is 17.3 Å². The van der Waals surface area contributed by atoms with Gasteiger partial charge in [-0.05, 0) is 38.5 Å². The van der Waals surface area contributed by atoms with Gasteiger partial charge in [0.05, 0.1) is 0 Å². The summed E-state index contributed by atoms with van der Waals surface area (Å²) in [6.07, 6.45) is 2.49. The Labute approximate surface area is 136 Å². The Balaban J connectivity index is 2.51. The van der Waals surface area contributed by atoms with Crippen LogP contribution in [0.25, 0.3) is 0 Å². The third-order valence-corrected chi connectivity index (χ3v) is 4.11. The van der Waals surface area contributed by atoms with Gasteiger partial charge >= 0.3 is 0 Å². The van der Waals surface area contributed by atoms with Crippen LogP contribution in [0.1, 0.15) is 67.7 Å². The van der Waals surface area contributed by atoms with Crippen molar-refractivity contribution in [1.29, 1.82) is 0 Å². The standard InChI is InChI=1S/C18H34N2O2/c1-13(2)16(22)20-10-8-14(9-11-20)15(21)19-18(6,7)12-17(3,4)5/h13-14H,8-12H2,1-7H3,(H,19,21). The van der Waals surface area contributed by atoms with Crippen LogP contribution in [0.5, 0.6) is 0 Å². The van der Waals surface area contributed by atoms with Gasteiger partial charge in [-0.15, -0.1) is 0 Å². The van der Waals surface area contributed by atoms with Gasteiger partial charge in [-0.1, -0.05) is 34.6 Å². The molecule has 0 aliphatic carbocycles. The molecule has 1 fully saturated rings. The van der Waals surface area contributed by atoms with E-state index in [0.717, 1.165) is 19.3 Å². The van der Waals surface area contributed by atoms with Crippen LogP contribution in [0.15, 0.2) is 0 Å². The van der Waals surface area contributed by atoms with E-state index in [1.807, 2.05) is 18.7 Å². The van der Waals surface area contributed by atoms with Crippen LogP contribution in [0, 0.1) is 17.3 Å². The van der Waals surface area contributed by atoms with Gasteiger partial charge in [0.25, 0.3) is 0 Å². The van der Waals surface area contributed by atoms with E-state index in [1.165, 1.54) is 0 Å². The molecule has 0 aromatic rings. The lowest BCUT2D eigenvalue weighted by Gasteiger charge is -2.37. The number of hydrogen-bond donors (Lipinski definition) is 1. The molecule has 4 nitrogen and oxygen atoms in total. The van der Waals surface area contributed by atoms with Crippen LogP contribution in [0.4, 0.5) is 0 Å². The fourth-order valence-electron chi connectivity index (χ4n) is 3.53. The predicted octanol–water partition coefficient (Wildman–Crippen LogP) is 3.21. The molecule has 2 amide bonds. The number of amides is 2. The van der Waals surface area contributed by atoms with E-state index in [-0.39, 0.29) is 34.6 Å². The summed E-state index contributed by atoms with van der Waals surface area (Å²) in [6.45, 7) is 16.0. The molecule has 1 saturated heterocycles. The Morgan fingerprint density at radius 3 is 2.00 bits per heavy atom. The lowest BCUT2D eigenvalue weighted by molar-refractivity contribution is -0.138. The normalized spacial score (nSPS) is 17.7. The first-order chi connectivity index (χ1) is 9.91. The summed E-state index contributed by atoms with van der Waals surface area (Å²) in [6, 6.07) is 0. The zero-order valence-electron chi connectivity index (χ0n) is 15.5.